The van der Waals surface area contributed by atoms with E-state index in [4.69, 9.17) is 0 Å². The summed E-state index contributed by atoms with van der Waals surface area (Å²) >= 11 is 0. The summed E-state index contributed by atoms with van der Waals surface area (Å²) in [6, 6.07) is 12.1. The molecule has 1 N–H and O–H groups in total. The molecule has 1 aromatic heterocycles. The van der Waals surface area contributed by atoms with E-state index in [2.05, 4.69) is 41.2 Å². The first-order valence-electron chi connectivity index (χ1n) is 7.54. The van der Waals surface area contributed by atoms with E-state index >= 15 is 0 Å². The van der Waals surface area contributed by atoms with Crippen molar-refractivity contribution in [3.05, 3.63) is 59.9 Å². The fourth-order valence-corrected chi connectivity index (χ4v) is 2.11. The second-order valence-electron chi connectivity index (χ2n) is 5.88. The van der Waals surface area contributed by atoms with E-state index in [1.54, 1.807) is 12.4 Å². The molecular formula is C18H23N3O. The van der Waals surface area contributed by atoms with E-state index in [0.29, 0.717) is 18.0 Å². The van der Waals surface area contributed by atoms with Gasteiger partial charge in [0.2, 0.25) is 0 Å². The van der Waals surface area contributed by atoms with Crippen molar-refractivity contribution in [3.8, 4) is 0 Å². The van der Waals surface area contributed by atoms with Crippen LogP contribution >= 0.6 is 0 Å². The third kappa shape index (κ3) is 4.58. The number of rotatable bonds is 6. The number of hydrogen-bond donors (Lipinski definition) is 1. The molecular weight excluding hydrogens is 274 g/mol. The lowest BCUT2D eigenvalue weighted by Crippen LogP contribution is -2.27. The Morgan fingerprint density at radius 1 is 1.23 bits per heavy atom. The molecule has 0 bridgehead atoms. The molecule has 0 saturated heterocycles. The van der Waals surface area contributed by atoms with Gasteiger partial charge in [-0.3, -0.25) is 9.78 Å². The van der Waals surface area contributed by atoms with Gasteiger partial charge in [-0.25, -0.2) is 0 Å². The van der Waals surface area contributed by atoms with Crippen molar-refractivity contribution < 1.29 is 4.79 Å². The van der Waals surface area contributed by atoms with E-state index in [0.717, 1.165) is 12.2 Å². The van der Waals surface area contributed by atoms with Crippen LogP contribution in [0.2, 0.25) is 0 Å². The van der Waals surface area contributed by atoms with E-state index in [1.807, 2.05) is 31.3 Å². The van der Waals surface area contributed by atoms with E-state index < -0.39 is 0 Å². The summed E-state index contributed by atoms with van der Waals surface area (Å²) in [6.45, 7) is 5.59. The zero-order chi connectivity index (χ0) is 15.9. The maximum Gasteiger partial charge on any atom is 0.252 e. The Labute approximate surface area is 132 Å². The second-order valence-corrected chi connectivity index (χ2v) is 5.88. The van der Waals surface area contributed by atoms with E-state index in [-0.39, 0.29) is 5.91 Å². The molecule has 0 aliphatic rings. The monoisotopic (exact) mass is 297 g/mol. The molecule has 1 heterocycles. The minimum Gasteiger partial charge on any atom is -0.369 e. The van der Waals surface area contributed by atoms with Gasteiger partial charge < -0.3 is 10.2 Å². The SMILES string of the molecule is CC(C)CNC(=O)c1cncc(N(C)Cc2ccccc2)c1. The number of pyridine rings is 1. The molecule has 1 aromatic carbocycles. The van der Waals surface area contributed by atoms with Crippen LogP contribution in [0.5, 0.6) is 0 Å². The van der Waals surface area contributed by atoms with Gasteiger partial charge in [-0.15, -0.1) is 0 Å². The number of nitrogens with one attached hydrogen (secondary N) is 1. The van der Waals surface area contributed by atoms with Crippen LogP contribution in [0.1, 0.15) is 29.8 Å². The number of aromatic nitrogens is 1. The molecule has 116 valence electrons. The number of nitrogens with zero attached hydrogens (tertiary/aromatic N) is 2. The Bertz CT molecular complexity index is 611. The van der Waals surface area contributed by atoms with Gasteiger partial charge in [0.05, 0.1) is 17.4 Å². The molecule has 22 heavy (non-hydrogen) atoms. The number of carbonyl (C=O) groups excluding carboxylic acids is 1. The molecule has 0 fully saturated rings. The zero-order valence-electron chi connectivity index (χ0n) is 13.4. The first-order chi connectivity index (χ1) is 10.6. The summed E-state index contributed by atoms with van der Waals surface area (Å²) in [6.07, 6.45) is 3.39. The van der Waals surface area contributed by atoms with E-state index in [1.165, 1.54) is 5.56 Å². The van der Waals surface area contributed by atoms with Crippen molar-refractivity contribution in [2.24, 2.45) is 5.92 Å². The van der Waals surface area contributed by atoms with Crippen LogP contribution in [0, 0.1) is 5.92 Å². The van der Waals surface area contributed by atoms with Gasteiger partial charge in [-0.2, -0.15) is 0 Å². The highest BCUT2D eigenvalue weighted by Crippen LogP contribution is 2.16. The van der Waals surface area contributed by atoms with E-state index in [9.17, 15) is 4.79 Å². The minimum atomic E-state index is -0.0730. The largest absolute Gasteiger partial charge is 0.369 e. The van der Waals surface area contributed by atoms with Crippen LogP contribution in [0.15, 0.2) is 48.8 Å². The molecule has 0 spiro atoms. The summed E-state index contributed by atoms with van der Waals surface area (Å²) in [7, 11) is 2.00. The molecule has 0 unspecified atom stereocenters. The molecule has 4 heteroatoms. The second kappa shape index (κ2) is 7.59. The summed E-state index contributed by atoms with van der Waals surface area (Å²) in [5, 5.41) is 2.92. The highest BCUT2D eigenvalue weighted by atomic mass is 16.1. The molecule has 4 nitrogen and oxygen atoms in total. The van der Waals surface area contributed by atoms with Crippen molar-refractivity contribution in [2.45, 2.75) is 20.4 Å². The smallest absolute Gasteiger partial charge is 0.252 e. The van der Waals surface area contributed by atoms with Gasteiger partial charge >= 0.3 is 0 Å². The summed E-state index contributed by atoms with van der Waals surface area (Å²) in [5.74, 6) is 0.358. The Hall–Kier alpha value is -2.36. The highest BCUT2D eigenvalue weighted by molar-refractivity contribution is 5.94. The van der Waals surface area contributed by atoms with Crippen LogP contribution in [0.4, 0.5) is 5.69 Å². The lowest BCUT2D eigenvalue weighted by atomic mass is 10.2. The Morgan fingerprint density at radius 2 is 1.95 bits per heavy atom. The van der Waals surface area contributed by atoms with Crippen molar-refractivity contribution in [1.82, 2.24) is 10.3 Å². The van der Waals surface area contributed by atoms with Crippen LogP contribution in [-0.4, -0.2) is 24.5 Å². The lowest BCUT2D eigenvalue weighted by molar-refractivity contribution is 0.0948. The molecule has 0 aliphatic carbocycles. The van der Waals surface area contributed by atoms with Crippen molar-refractivity contribution in [1.29, 1.82) is 0 Å². The van der Waals surface area contributed by atoms with Gasteiger partial charge in [0.1, 0.15) is 0 Å². The van der Waals surface area contributed by atoms with Crippen LogP contribution < -0.4 is 10.2 Å². The molecule has 2 rings (SSSR count). The zero-order valence-corrected chi connectivity index (χ0v) is 13.4. The number of carbonyl (C=O) groups is 1. The van der Waals surface area contributed by atoms with Crippen molar-refractivity contribution in [2.75, 3.05) is 18.5 Å². The number of anilines is 1. The molecule has 1 amide bonds. The Morgan fingerprint density at radius 3 is 2.64 bits per heavy atom. The fourth-order valence-electron chi connectivity index (χ4n) is 2.11. The molecule has 0 saturated carbocycles. The van der Waals surface area contributed by atoms with Gasteiger partial charge in [-0.05, 0) is 17.5 Å². The highest BCUT2D eigenvalue weighted by Gasteiger charge is 2.09. The van der Waals surface area contributed by atoms with Gasteiger partial charge in [-0.1, -0.05) is 44.2 Å². The number of amides is 1. The average Bonchev–Trinajstić information content (AvgIpc) is 2.53. The molecule has 0 aliphatic heterocycles. The first kappa shape index (κ1) is 16.0. The predicted octanol–water partition coefficient (Wildman–Crippen LogP) is 3.10. The quantitative estimate of drug-likeness (QED) is 0.891. The van der Waals surface area contributed by atoms with Gasteiger partial charge in [0, 0.05) is 26.3 Å². The Kier molecular flexibility index (Phi) is 5.53. The summed E-state index contributed by atoms with van der Waals surface area (Å²) in [5.41, 5.74) is 2.75. The summed E-state index contributed by atoms with van der Waals surface area (Å²) in [4.78, 5) is 18.4. The average molecular weight is 297 g/mol. The lowest BCUT2D eigenvalue weighted by Gasteiger charge is -2.19. The molecule has 2 aromatic rings. The fraction of sp³-hybridized carbons (Fsp3) is 0.333. The van der Waals surface area contributed by atoms with Crippen LogP contribution in [0.3, 0.4) is 0 Å². The number of benzene rings is 1. The third-order valence-electron chi connectivity index (χ3n) is 3.36. The van der Waals surface area contributed by atoms with Crippen molar-refractivity contribution in [3.63, 3.8) is 0 Å². The molecule has 0 atom stereocenters. The standard InChI is InChI=1S/C18H23N3O/c1-14(2)10-20-18(22)16-9-17(12-19-11-16)21(3)13-15-7-5-4-6-8-15/h4-9,11-12,14H,10,13H2,1-3H3,(H,20,22). The van der Waals surface area contributed by atoms with Crippen LogP contribution in [0.25, 0.3) is 0 Å². The van der Waals surface area contributed by atoms with Gasteiger partial charge in [0.25, 0.3) is 5.91 Å². The van der Waals surface area contributed by atoms with Crippen LogP contribution in [-0.2, 0) is 6.54 Å². The first-order valence-corrected chi connectivity index (χ1v) is 7.54. The molecule has 0 radical (unpaired) electrons. The maximum atomic E-state index is 12.1. The normalized spacial score (nSPS) is 10.5. The van der Waals surface area contributed by atoms with Gasteiger partial charge in [0.15, 0.2) is 0 Å². The summed E-state index contributed by atoms with van der Waals surface area (Å²) < 4.78 is 0. The topological polar surface area (TPSA) is 45.2 Å². The number of hydrogen-bond acceptors (Lipinski definition) is 3. The van der Waals surface area contributed by atoms with Crippen molar-refractivity contribution >= 4 is 11.6 Å². The third-order valence-corrected chi connectivity index (χ3v) is 3.36. The predicted molar refractivity (Wildman–Crippen MR) is 90.0 cm³/mol. The Balaban J connectivity index is 2.05. The maximum absolute atomic E-state index is 12.1. The minimum absolute atomic E-state index is 0.0730.